The molecule has 7 rings (SSSR count). The van der Waals surface area contributed by atoms with Crippen LogP contribution >= 0.6 is 0 Å². The van der Waals surface area contributed by atoms with E-state index in [-0.39, 0.29) is 11.8 Å². The summed E-state index contributed by atoms with van der Waals surface area (Å²) in [5.74, 6) is -0.753. The first kappa shape index (κ1) is 22.1. The van der Waals surface area contributed by atoms with Crippen LogP contribution in [0.4, 0.5) is 5.69 Å². The van der Waals surface area contributed by atoms with E-state index in [2.05, 4.69) is 11.1 Å². The lowest BCUT2D eigenvalue weighted by atomic mass is 9.67. The van der Waals surface area contributed by atoms with Gasteiger partial charge in [0, 0.05) is 34.3 Å². The Morgan fingerprint density at radius 2 is 1.86 bits per heavy atom. The van der Waals surface area contributed by atoms with E-state index in [1.165, 1.54) is 4.90 Å². The molecule has 3 fully saturated rings. The Kier molecular flexibility index (Phi) is 4.58. The Balaban J connectivity index is 1.20. The van der Waals surface area contributed by atoms with Crippen molar-refractivity contribution in [1.82, 2.24) is 4.98 Å². The maximum absolute atomic E-state index is 14.0. The molecule has 2 amide bonds. The number of aromatic amines is 1. The number of hydrogen-bond acceptors (Lipinski definition) is 5. The minimum Gasteiger partial charge on any atom is -0.493 e. The Morgan fingerprint density at radius 1 is 1.05 bits per heavy atom. The molecule has 37 heavy (non-hydrogen) atoms. The summed E-state index contributed by atoms with van der Waals surface area (Å²) >= 11 is 0. The third kappa shape index (κ3) is 3.03. The number of rotatable bonds is 5. The predicted octanol–water partition coefficient (Wildman–Crippen LogP) is 5.09. The summed E-state index contributed by atoms with van der Waals surface area (Å²) < 4.78 is 12.7. The first-order valence-corrected chi connectivity index (χ1v) is 12.6. The number of amides is 2. The van der Waals surface area contributed by atoms with Crippen LogP contribution in [0.25, 0.3) is 21.7 Å². The summed E-state index contributed by atoms with van der Waals surface area (Å²) in [6, 6.07) is 20.9. The van der Waals surface area contributed by atoms with Gasteiger partial charge < -0.3 is 14.5 Å². The molecule has 1 aromatic heterocycles. The molecule has 1 N–H and O–H groups in total. The van der Waals surface area contributed by atoms with Crippen LogP contribution in [-0.4, -0.2) is 34.6 Å². The molecule has 4 aromatic rings. The van der Waals surface area contributed by atoms with Crippen molar-refractivity contribution in [3.8, 4) is 11.8 Å². The molecule has 3 aliphatic heterocycles. The number of anilines is 1. The molecule has 4 heterocycles. The predicted molar refractivity (Wildman–Crippen MR) is 138 cm³/mol. The first-order chi connectivity index (χ1) is 17.9. The van der Waals surface area contributed by atoms with Crippen LogP contribution in [0, 0.1) is 23.2 Å². The van der Waals surface area contributed by atoms with Crippen molar-refractivity contribution in [3.05, 3.63) is 72.4 Å². The zero-order chi connectivity index (χ0) is 25.4. The molecule has 3 aromatic carbocycles. The number of imide groups is 1. The molecule has 7 heteroatoms. The van der Waals surface area contributed by atoms with Crippen molar-refractivity contribution in [2.24, 2.45) is 11.8 Å². The van der Waals surface area contributed by atoms with Crippen LogP contribution in [0.2, 0.25) is 0 Å². The minimum absolute atomic E-state index is 0.215. The van der Waals surface area contributed by atoms with E-state index < -0.39 is 23.0 Å². The number of hydrogen-bond donors (Lipinski definition) is 1. The maximum Gasteiger partial charge on any atom is 0.240 e. The second-order valence-corrected chi connectivity index (χ2v) is 10.6. The van der Waals surface area contributed by atoms with Gasteiger partial charge in [-0.25, -0.2) is 4.90 Å². The van der Waals surface area contributed by atoms with Crippen LogP contribution in [-0.2, 0) is 14.3 Å². The summed E-state index contributed by atoms with van der Waals surface area (Å²) in [5, 5.41) is 12.1. The molecule has 0 aliphatic carbocycles. The SMILES string of the molecule is C[C@@]12CC[C@@](CCOc3ccc4[nH]ccc4c3)(O1)[C@H]1C(=O)N(c3ccc(C#N)c4ccccc34)C(=O)[C@H]12. The molecule has 184 valence electrons. The first-order valence-electron chi connectivity index (χ1n) is 12.6. The van der Waals surface area contributed by atoms with E-state index in [0.29, 0.717) is 30.7 Å². The van der Waals surface area contributed by atoms with Gasteiger partial charge in [-0.2, -0.15) is 5.26 Å². The van der Waals surface area contributed by atoms with E-state index in [4.69, 9.17) is 9.47 Å². The largest absolute Gasteiger partial charge is 0.493 e. The maximum atomic E-state index is 14.0. The third-order valence-electron chi connectivity index (χ3n) is 8.59. The molecular weight excluding hydrogens is 466 g/mol. The van der Waals surface area contributed by atoms with E-state index in [1.54, 1.807) is 12.1 Å². The Bertz CT molecular complexity index is 1650. The highest BCUT2D eigenvalue weighted by Gasteiger charge is 2.73. The monoisotopic (exact) mass is 491 g/mol. The molecule has 7 nitrogen and oxygen atoms in total. The van der Waals surface area contributed by atoms with Crippen LogP contribution < -0.4 is 9.64 Å². The summed E-state index contributed by atoms with van der Waals surface area (Å²) in [6.07, 6.45) is 3.86. The summed E-state index contributed by atoms with van der Waals surface area (Å²) in [5.41, 5.74) is 0.679. The topological polar surface area (TPSA) is 95.4 Å². The van der Waals surface area contributed by atoms with Crippen molar-refractivity contribution in [2.45, 2.75) is 37.4 Å². The average molecular weight is 492 g/mol. The lowest BCUT2D eigenvalue weighted by Crippen LogP contribution is -2.43. The van der Waals surface area contributed by atoms with Crippen molar-refractivity contribution in [2.75, 3.05) is 11.5 Å². The smallest absolute Gasteiger partial charge is 0.240 e. The molecule has 3 aliphatic rings. The zero-order valence-electron chi connectivity index (χ0n) is 20.4. The molecule has 4 atom stereocenters. The molecule has 0 spiro atoms. The van der Waals surface area contributed by atoms with Gasteiger partial charge in [-0.15, -0.1) is 0 Å². The van der Waals surface area contributed by atoms with Gasteiger partial charge in [-0.1, -0.05) is 24.3 Å². The standard InChI is InChI=1S/C30H25N3O4/c1-29-11-12-30(37-29,13-15-36-20-7-8-23-18(16-20)10-14-32-23)26-25(29)27(34)33(28(26)35)24-9-6-19(17-31)21-4-2-3-5-22(21)24/h2-10,14,16,25-26,32H,11-13,15H2,1H3/t25-,26+,29-,30-/m0/s1. The third-order valence-corrected chi connectivity index (χ3v) is 8.59. The van der Waals surface area contributed by atoms with E-state index in [0.717, 1.165) is 33.8 Å². The van der Waals surface area contributed by atoms with E-state index in [1.807, 2.05) is 61.7 Å². The number of nitriles is 1. The minimum atomic E-state index is -0.735. The van der Waals surface area contributed by atoms with Gasteiger partial charge in [0.25, 0.3) is 0 Å². The quantitative estimate of drug-likeness (QED) is 0.393. The van der Waals surface area contributed by atoms with Gasteiger partial charge in [0.05, 0.1) is 47.0 Å². The highest BCUT2D eigenvalue weighted by molar-refractivity contribution is 6.26. The summed E-state index contributed by atoms with van der Waals surface area (Å²) in [4.78, 5) is 32.4. The molecule has 0 saturated carbocycles. The van der Waals surface area contributed by atoms with Crippen molar-refractivity contribution in [1.29, 1.82) is 5.26 Å². The fraction of sp³-hybridized carbons (Fsp3) is 0.300. The van der Waals surface area contributed by atoms with Gasteiger partial charge in [-0.3, -0.25) is 9.59 Å². The normalized spacial score (nSPS) is 28.3. The van der Waals surface area contributed by atoms with Gasteiger partial charge in [0.1, 0.15) is 5.75 Å². The second kappa shape index (κ2) is 7.67. The fourth-order valence-electron chi connectivity index (χ4n) is 6.89. The number of aromatic nitrogens is 1. The Labute approximate surface area is 213 Å². The van der Waals surface area contributed by atoms with Crippen LogP contribution in [0.3, 0.4) is 0 Å². The van der Waals surface area contributed by atoms with Gasteiger partial charge in [0.2, 0.25) is 11.8 Å². The Morgan fingerprint density at radius 3 is 2.70 bits per heavy atom. The van der Waals surface area contributed by atoms with Crippen LogP contribution in [0.1, 0.15) is 31.7 Å². The number of fused-ring (bicyclic) bond motifs is 7. The number of nitrogens with one attached hydrogen (secondary N) is 1. The van der Waals surface area contributed by atoms with Crippen molar-refractivity contribution < 1.29 is 19.1 Å². The van der Waals surface area contributed by atoms with Crippen LogP contribution in [0.15, 0.2) is 66.9 Å². The number of nitrogens with zero attached hydrogens (tertiary/aromatic N) is 2. The number of H-pyrrole nitrogens is 1. The van der Waals surface area contributed by atoms with Gasteiger partial charge >= 0.3 is 0 Å². The van der Waals surface area contributed by atoms with Crippen molar-refractivity contribution in [3.63, 3.8) is 0 Å². The molecule has 3 saturated heterocycles. The van der Waals surface area contributed by atoms with Crippen molar-refractivity contribution >= 4 is 39.2 Å². The van der Waals surface area contributed by atoms with Gasteiger partial charge in [0.15, 0.2) is 0 Å². The highest BCUT2D eigenvalue weighted by Crippen LogP contribution is 2.62. The number of carbonyl (C=O) groups is 2. The molecular formula is C30H25N3O4. The lowest BCUT2D eigenvalue weighted by Gasteiger charge is -2.31. The number of ether oxygens (including phenoxy) is 2. The summed E-state index contributed by atoms with van der Waals surface area (Å²) in [7, 11) is 0. The fourth-order valence-corrected chi connectivity index (χ4v) is 6.89. The Hall–Kier alpha value is -4.15. The summed E-state index contributed by atoms with van der Waals surface area (Å²) in [6.45, 7) is 2.35. The molecule has 0 unspecified atom stereocenters. The van der Waals surface area contributed by atoms with E-state index >= 15 is 0 Å². The lowest BCUT2D eigenvalue weighted by molar-refractivity contribution is -0.131. The number of carbonyl (C=O) groups excluding carboxylic acids is 2. The van der Waals surface area contributed by atoms with E-state index in [9.17, 15) is 14.9 Å². The molecule has 0 radical (unpaired) electrons. The van der Waals surface area contributed by atoms with Gasteiger partial charge in [-0.05, 0) is 56.2 Å². The molecule has 2 bridgehead atoms. The highest BCUT2D eigenvalue weighted by atomic mass is 16.5. The second-order valence-electron chi connectivity index (χ2n) is 10.6. The number of benzene rings is 3. The average Bonchev–Trinajstić information content (AvgIpc) is 3.63. The van der Waals surface area contributed by atoms with Crippen LogP contribution in [0.5, 0.6) is 5.75 Å². The zero-order valence-corrected chi connectivity index (χ0v) is 20.4.